The molecule has 13 nitrogen and oxygen atoms in total. The van der Waals surface area contributed by atoms with Crippen LogP contribution in [0.5, 0.6) is 0 Å². The van der Waals surface area contributed by atoms with Crippen molar-refractivity contribution in [2.24, 2.45) is 28.1 Å². The van der Waals surface area contributed by atoms with Crippen LogP contribution in [0, 0.1) is 5.92 Å². The molecule has 13 heteroatoms. The molecule has 166 valence electrons. The first kappa shape index (κ1) is 26.1. The topological polar surface area (TPSA) is 235 Å². The molecule has 0 aliphatic rings. The molecule has 3 atom stereocenters. The van der Waals surface area contributed by atoms with Gasteiger partial charge in [0.2, 0.25) is 17.7 Å². The van der Waals surface area contributed by atoms with E-state index in [-0.39, 0.29) is 24.8 Å². The van der Waals surface area contributed by atoms with Crippen molar-refractivity contribution in [1.82, 2.24) is 16.0 Å². The number of nitrogens with zero attached hydrogens (tertiary/aromatic N) is 1. The molecule has 0 rings (SSSR count). The fourth-order valence-electron chi connectivity index (χ4n) is 2.06. The lowest BCUT2D eigenvalue weighted by Crippen LogP contribution is -2.54. The van der Waals surface area contributed by atoms with Gasteiger partial charge >= 0.3 is 5.97 Å². The Morgan fingerprint density at radius 1 is 1.03 bits per heavy atom. The van der Waals surface area contributed by atoms with E-state index in [2.05, 4.69) is 20.9 Å². The number of rotatable bonds is 13. The molecule has 0 aliphatic carbocycles. The second kappa shape index (κ2) is 13.3. The summed E-state index contributed by atoms with van der Waals surface area (Å²) in [5, 5.41) is 24.9. The third-order valence-corrected chi connectivity index (χ3v) is 3.84. The van der Waals surface area contributed by atoms with Crippen molar-refractivity contribution in [1.29, 1.82) is 0 Å². The van der Waals surface area contributed by atoms with Gasteiger partial charge in [-0.2, -0.15) is 0 Å². The first-order chi connectivity index (χ1) is 13.5. The van der Waals surface area contributed by atoms with E-state index in [0.29, 0.717) is 6.42 Å². The number of aliphatic imine (C=N–C) groups is 1. The summed E-state index contributed by atoms with van der Waals surface area (Å²) in [6.07, 6.45) is 0.392. The van der Waals surface area contributed by atoms with E-state index < -0.39 is 55.0 Å². The fourth-order valence-corrected chi connectivity index (χ4v) is 2.06. The first-order valence-corrected chi connectivity index (χ1v) is 9.01. The molecule has 0 saturated heterocycles. The Kier molecular flexibility index (Phi) is 11.9. The number of carbonyl (C=O) groups is 4. The highest BCUT2D eigenvalue weighted by Gasteiger charge is 2.26. The molecular weight excluding hydrogens is 386 g/mol. The minimum Gasteiger partial charge on any atom is -0.480 e. The van der Waals surface area contributed by atoms with Crippen LogP contribution in [0.1, 0.15) is 26.7 Å². The minimum absolute atomic E-state index is 0.0889. The summed E-state index contributed by atoms with van der Waals surface area (Å²) in [5.74, 6) is -3.69. The SMILES string of the molecule is CC(C)C(N)C(=O)NCC(=O)NC(CCCN=C(N)N)C(=O)NC(CO)C(=O)O. The van der Waals surface area contributed by atoms with Gasteiger partial charge in [-0.25, -0.2) is 4.79 Å². The molecule has 0 heterocycles. The van der Waals surface area contributed by atoms with Crippen LogP contribution in [-0.4, -0.2) is 77.7 Å². The highest BCUT2D eigenvalue weighted by atomic mass is 16.4. The lowest BCUT2D eigenvalue weighted by molar-refractivity contribution is -0.143. The monoisotopic (exact) mass is 417 g/mol. The number of guanidine groups is 1. The average Bonchev–Trinajstić information content (AvgIpc) is 2.64. The van der Waals surface area contributed by atoms with E-state index in [9.17, 15) is 19.2 Å². The number of nitrogens with one attached hydrogen (secondary N) is 3. The van der Waals surface area contributed by atoms with Crippen LogP contribution in [0.4, 0.5) is 0 Å². The Morgan fingerprint density at radius 2 is 1.66 bits per heavy atom. The molecule has 11 N–H and O–H groups in total. The van der Waals surface area contributed by atoms with Crippen LogP contribution in [-0.2, 0) is 19.2 Å². The van der Waals surface area contributed by atoms with E-state index in [1.807, 2.05) is 0 Å². The zero-order valence-corrected chi connectivity index (χ0v) is 16.6. The van der Waals surface area contributed by atoms with Crippen molar-refractivity contribution in [3.63, 3.8) is 0 Å². The minimum atomic E-state index is -1.52. The molecule has 29 heavy (non-hydrogen) atoms. The third kappa shape index (κ3) is 10.8. The van der Waals surface area contributed by atoms with E-state index in [0.717, 1.165) is 0 Å². The number of aliphatic hydroxyl groups is 1. The largest absolute Gasteiger partial charge is 0.480 e. The van der Waals surface area contributed by atoms with Crippen LogP contribution in [0.3, 0.4) is 0 Å². The van der Waals surface area contributed by atoms with Crippen LogP contribution < -0.4 is 33.2 Å². The summed E-state index contributed by atoms with van der Waals surface area (Å²) in [7, 11) is 0. The van der Waals surface area contributed by atoms with Gasteiger partial charge in [0.15, 0.2) is 5.96 Å². The summed E-state index contributed by atoms with van der Waals surface area (Å²) in [5.41, 5.74) is 16.1. The van der Waals surface area contributed by atoms with Crippen molar-refractivity contribution in [3.05, 3.63) is 0 Å². The molecule has 3 unspecified atom stereocenters. The molecule has 0 radical (unpaired) electrons. The number of hydrogen-bond acceptors (Lipinski definition) is 7. The molecule has 0 aliphatic heterocycles. The van der Waals surface area contributed by atoms with Crippen LogP contribution in [0.25, 0.3) is 0 Å². The lowest BCUT2D eigenvalue weighted by Gasteiger charge is -2.21. The zero-order valence-electron chi connectivity index (χ0n) is 16.6. The number of aliphatic hydroxyl groups excluding tert-OH is 1. The molecule has 0 aromatic carbocycles. The Labute approximate surface area is 168 Å². The summed E-state index contributed by atoms with van der Waals surface area (Å²) in [4.78, 5) is 51.0. The number of carbonyl (C=O) groups excluding carboxylic acids is 3. The molecule has 0 saturated carbocycles. The van der Waals surface area contributed by atoms with E-state index in [1.165, 1.54) is 0 Å². The summed E-state index contributed by atoms with van der Waals surface area (Å²) in [6.45, 7) is 2.45. The zero-order chi connectivity index (χ0) is 22.6. The second-order valence-corrected chi connectivity index (χ2v) is 6.64. The number of aliphatic carboxylic acids is 1. The fraction of sp³-hybridized carbons (Fsp3) is 0.688. The highest BCUT2D eigenvalue weighted by Crippen LogP contribution is 2.01. The maximum Gasteiger partial charge on any atom is 0.328 e. The number of carboxylic acid groups (broad SMARTS) is 1. The molecule has 3 amide bonds. The second-order valence-electron chi connectivity index (χ2n) is 6.64. The van der Waals surface area contributed by atoms with Gasteiger partial charge in [0.05, 0.1) is 19.2 Å². The van der Waals surface area contributed by atoms with Gasteiger partial charge in [-0.3, -0.25) is 19.4 Å². The molecular formula is C16H31N7O6. The predicted molar refractivity (Wildman–Crippen MR) is 104 cm³/mol. The van der Waals surface area contributed by atoms with Gasteiger partial charge < -0.3 is 43.4 Å². The van der Waals surface area contributed by atoms with Crippen molar-refractivity contribution >= 4 is 29.7 Å². The maximum atomic E-state index is 12.3. The normalized spacial score (nSPS) is 13.7. The van der Waals surface area contributed by atoms with Gasteiger partial charge in [0.25, 0.3) is 0 Å². The van der Waals surface area contributed by atoms with Gasteiger partial charge in [-0.15, -0.1) is 0 Å². The van der Waals surface area contributed by atoms with Crippen LogP contribution in [0.2, 0.25) is 0 Å². The number of nitrogens with two attached hydrogens (primary N) is 3. The summed E-state index contributed by atoms with van der Waals surface area (Å²) < 4.78 is 0. The lowest BCUT2D eigenvalue weighted by atomic mass is 10.1. The standard InChI is InChI=1S/C16H31N7O6/c1-8(2)12(17)14(27)21-6-11(25)22-9(4-3-5-20-16(18)19)13(26)23-10(7-24)15(28)29/h8-10,12,24H,3-7,17H2,1-2H3,(H,21,27)(H,22,25)(H,23,26)(H,28,29)(H4,18,19,20). The Hall–Kier alpha value is -2.93. The Bertz CT molecular complexity index is 607. The predicted octanol–water partition coefficient (Wildman–Crippen LogP) is -3.81. The van der Waals surface area contributed by atoms with E-state index >= 15 is 0 Å². The van der Waals surface area contributed by atoms with Gasteiger partial charge in [-0.1, -0.05) is 13.8 Å². The summed E-state index contributed by atoms with van der Waals surface area (Å²) >= 11 is 0. The van der Waals surface area contributed by atoms with Crippen molar-refractivity contribution in [2.45, 2.75) is 44.8 Å². The van der Waals surface area contributed by atoms with Crippen molar-refractivity contribution < 1.29 is 29.4 Å². The number of amides is 3. The smallest absolute Gasteiger partial charge is 0.328 e. The van der Waals surface area contributed by atoms with Gasteiger partial charge in [-0.05, 0) is 18.8 Å². The van der Waals surface area contributed by atoms with Crippen molar-refractivity contribution in [2.75, 3.05) is 19.7 Å². The molecule has 0 spiro atoms. The molecule has 0 aromatic heterocycles. The third-order valence-electron chi connectivity index (χ3n) is 3.84. The van der Waals surface area contributed by atoms with Gasteiger partial charge in [0.1, 0.15) is 12.1 Å². The Morgan fingerprint density at radius 3 is 2.14 bits per heavy atom. The van der Waals surface area contributed by atoms with Crippen LogP contribution in [0.15, 0.2) is 4.99 Å². The maximum absolute atomic E-state index is 12.3. The Balaban J connectivity index is 4.92. The van der Waals surface area contributed by atoms with E-state index in [4.69, 9.17) is 27.4 Å². The summed E-state index contributed by atoms with van der Waals surface area (Å²) in [6, 6.07) is -3.44. The first-order valence-electron chi connectivity index (χ1n) is 9.01. The quantitative estimate of drug-likeness (QED) is 0.0831. The number of carboxylic acids is 1. The van der Waals surface area contributed by atoms with E-state index in [1.54, 1.807) is 13.8 Å². The molecule has 0 bridgehead atoms. The highest BCUT2D eigenvalue weighted by molar-refractivity contribution is 5.92. The van der Waals surface area contributed by atoms with Gasteiger partial charge in [0, 0.05) is 6.54 Å². The number of hydrogen-bond donors (Lipinski definition) is 8. The average molecular weight is 417 g/mol. The van der Waals surface area contributed by atoms with Crippen molar-refractivity contribution in [3.8, 4) is 0 Å². The molecule has 0 fully saturated rings. The molecule has 0 aromatic rings. The van der Waals surface area contributed by atoms with Crippen LogP contribution >= 0.6 is 0 Å².